The van der Waals surface area contributed by atoms with Crippen molar-refractivity contribution < 1.29 is 4.74 Å². The number of anilines is 1. The van der Waals surface area contributed by atoms with Crippen LogP contribution >= 0.6 is 0 Å². The number of ether oxygens (including phenoxy) is 1. The summed E-state index contributed by atoms with van der Waals surface area (Å²) in [4.78, 5) is 8.84. The van der Waals surface area contributed by atoms with Crippen LogP contribution in [0.3, 0.4) is 0 Å². The van der Waals surface area contributed by atoms with Crippen LogP contribution in [0, 0.1) is 0 Å². The van der Waals surface area contributed by atoms with E-state index in [0.29, 0.717) is 5.88 Å². The Labute approximate surface area is 117 Å². The maximum absolute atomic E-state index is 5.72. The number of aromatic nitrogens is 2. The van der Waals surface area contributed by atoms with Crippen LogP contribution in [0.1, 0.15) is 58.2 Å². The summed E-state index contributed by atoms with van der Waals surface area (Å²) in [5.74, 6) is 2.38. The van der Waals surface area contributed by atoms with Gasteiger partial charge in [-0.05, 0) is 12.8 Å². The van der Waals surface area contributed by atoms with Gasteiger partial charge in [-0.15, -0.1) is 0 Å². The molecular weight excluding hydrogens is 238 g/mol. The molecule has 0 aromatic carbocycles. The number of rotatable bonds is 10. The molecule has 19 heavy (non-hydrogen) atoms. The minimum absolute atomic E-state index is 0.693. The predicted octanol–water partition coefficient (Wildman–Crippen LogP) is 3.82. The molecule has 0 bridgehead atoms. The van der Waals surface area contributed by atoms with Crippen molar-refractivity contribution in [1.82, 2.24) is 9.97 Å². The molecule has 0 radical (unpaired) electrons. The standard InChI is InChI=1S/C15H27N3O/c1-4-6-7-8-9-11-19-15-12-14(16-3)17-13(18-15)10-5-2/h12H,4-11H2,1-3H3,(H,16,17,18). The van der Waals surface area contributed by atoms with Gasteiger partial charge in [0.2, 0.25) is 5.88 Å². The normalized spacial score (nSPS) is 10.5. The summed E-state index contributed by atoms with van der Waals surface area (Å²) < 4.78 is 5.72. The monoisotopic (exact) mass is 265 g/mol. The van der Waals surface area contributed by atoms with Gasteiger partial charge in [0.1, 0.15) is 11.6 Å². The fourth-order valence-corrected chi connectivity index (χ4v) is 1.89. The summed E-state index contributed by atoms with van der Waals surface area (Å²) in [5.41, 5.74) is 0. The molecule has 0 amide bonds. The molecule has 4 heteroatoms. The highest BCUT2D eigenvalue weighted by atomic mass is 16.5. The molecule has 0 aliphatic carbocycles. The molecule has 108 valence electrons. The summed E-state index contributed by atoms with van der Waals surface area (Å²) in [7, 11) is 1.87. The fraction of sp³-hybridized carbons (Fsp3) is 0.733. The van der Waals surface area contributed by atoms with E-state index in [2.05, 4.69) is 29.1 Å². The summed E-state index contributed by atoms with van der Waals surface area (Å²) in [6.45, 7) is 5.10. The smallest absolute Gasteiger partial charge is 0.218 e. The van der Waals surface area contributed by atoms with Gasteiger partial charge in [0, 0.05) is 19.5 Å². The lowest BCUT2D eigenvalue weighted by Crippen LogP contribution is -2.05. The van der Waals surface area contributed by atoms with E-state index < -0.39 is 0 Å². The molecule has 0 aliphatic heterocycles. The predicted molar refractivity (Wildman–Crippen MR) is 79.8 cm³/mol. The first-order valence-corrected chi connectivity index (χ1v) is 7.48. The van der Waals surface area contributed by atoms with Crippen LogP contribution in [0.15, 0.2) is 6.07 Å². The number of hydrogen-bond acceptors (Lipinski definition) is 4. The highest BCUT2D eigenvalue weighted by Crippen LogP contribution is 2.14. The van der Waals surface area contributed by atoms with Gasteiger partial charge in [-0.3, -0.25) is 0 Å². The number of aryl methyl sites for hydroxylation is 1. The van der Waals surface area contributed by atoms with Crippen molar-refractivity contribution in [2.75, 3.05) is 19.0 Å². The Morgan fingerprint density at radius 3 is 2.53 bits per heavy atom. The van der Waals surface area contributed by atoms with Crippen molar-refractivity contribution >= 4 is 5.82 Å². The molecule has 1 aromatic rings. The lowest BCUT2D eigenvalue weighted by atomic mass is 10.2. The molecule has 0 saturated heterocycles. The largest absolute Gasteiger partial charge is 0.478 e. The molecule has 0 saturated carbocycles. The quantitative estimate of drug-likeness (QED) is 0.653. The topological polar surface area (TPSA) is 47.0 Å². The Morgan fingerprint density at radius 2 is 1.84 bits per heavy atom. The third kappa shape index (κ3) is 6.41. The zero-order valence-electron chi connectivity index (χ0n) is 12.5. The van der Waals surface area contributed by atoms with Gasteiger partial charge in [0.05, 0.1) is 6.61 Å². The zero-order chi connectivity index (χ0) is 13.9. The zero-order valence-corrected chi connectivity index (χ0v) is 12.5. The van der Waals surface area contributed by atoms with Crippen molar-refractivity contribution in [1.29, 1.82) is 0 Å². The van der Waals surface area contributed by atoms with Gasteiger partial charge in [-0.2, -0.15) is 4.98 Å². The maximum Gasteiger partial charge on any atom is 0.218 e. The molecule has 1 heterocycles. The Bertz CT molecular complexity index is 355. The Balaban J connectivity index is 2.41. The fourth-order valence-electron chi connectivity index (χ4n) is 1.89. The van der Waals surface area contributed by atoms with Crippen LogP contribution in [0.2, 0.25) is 0 Å². The summed E-state index contributed by atoms with van der Waals surface area (Å²) in [6.07, 6.45) is 8.16. The van der Waals surface area contributed by atoms with Crippen LogP contribution in [0.25, 0.3) is 0 Å². The second-order valence-corrected chi connectivity index (χ2v) is 4.77. The van der Waals surface area contributed by atoms with Crippen LogP contribution in [0.4, 0.5) is 5.82 Å². The number of unbranched alkanes of at least 4 members (excludes halogenated alkanes) is 4. The van der Waals surface area contributed by atoms with Gasteiger partial charge in [-0.25, -0.2) is 4.98 Å². The van der Waals surface area contributed by atoms with Gasteiger partial charge < -0.3 is 10.1 Å². The Kier molecular flexibility index (Phi) is 7.94. The van der Waals surface area contributed by atoms with E-state index in [-0.39, 0.29) is 0 Å². The summed E-state index contributed by atoms with van der Waals surface area (Å²) in [6, 6.07) is 1.87. The molecule has 0 aliphatic rings. The van der Waals surface area contributed by atoms with E-state index in [1.165, 1.54) is 25.7 Å². The van der Waals surface area contributed by atoms with Gasteiger partial charge in [0.25, 0.3) is 0 Å². The van der Waals surface area contributed by atoms with E-state index >= 15 is 0 Å². The van der Waals surface area contributed by atoms with Gasteiger partial charge in [0.15, 0.2) is 0 Å². The molecule has 0 atom stereocenters. The van der Waals surface area contributed by atoms with Crippen molar-refractivity contribution in [2.45, 2.75) is 58.8 Å². The molecule has 4 nitrogen and oxygen atoms in total. The van der Waals surface area contributed by atoms with E-state index in [0.717, 1.165) is 37.5 Å². The Hall–Kier alpha value is -1.32. The first kappa shape index (κ1) is 15.7. The van der Waals surface area contributed by atoms with Crippen molar-refractivity contribution in [3.63, 3.8) is 0 Å². The minimum atomic E-state index is 0.693. The average molecular weight is 265 g/mol. The van der Waals surface area contributed by atoms with Crippen LogP contribution in [-0.4, -0.2) is 23.6 Å². The van der Waals surface area contributed by atoms with Crippen LogP contribution < -0.4 is 10.1 Å². The van der Waals surface area contributed by atoms with Gasteiger partial charge in [-0.1, -0.05) is 39.5 Å². The summed E-state index contributed by atoms with van der Waals surface area (Å²) in [5, 5.41) is 3.05. The summed E-state index contributed by atoms with van der Waals surface area (Å²) >= 11 is 0. The minimum Gasteiger partial charge on any atom is -0.478 e. The maximum atomic E-state index is 5.72. The molecular formula is C15H27N3O. The van der Waals surface area contributed by atoms with E-state index in [1.807, 2.05) is 13.1 Å². The highest BCUT2D eigenvalue weighted by molar-refractivity contribution is 5.37. The van der Waals surface area contributed by atoms with Crippen molar-refractivity contribution in [2.24, 2.45) is 0 Å². The first-order chi connectivity index (χ1) is 9.30. The van der Waals surface area contributed by atoms with E-state index in [1.54, 1.807) is 0 Å². The number of hydrogen-bond donors (Lipinski definition) is 1. The first-order valence-electron chi connectivity index (χ1n) is 7.48. The van der Waals surface area contributed by atoms with Gasteiger partial charge >= 0.3 is 0 Å². The van der Waals surface area contributed by atoms with Crippen molar-refractivity contribution in [3.05, 3.63) is 11.9 Å². The Morgan fingerprint density at radius 1 is 1.05 bits per heavy atom. The van der Waals surface area contributed by atoms with Crippen LogP contribution in [-0.2, 0) is 6.42 Å². The number of nitrogens with zero attached hydrogens (tertiary/aromatic N) is 2. The molecule has 1 rings (SSSR count). The SMILES string of the molecule is CCCCCCCOc1cc(NC)nc(CCC)n1. The molecule has 1 aromatic heterocycles. The number of nitrogens with one attached hydrogen (secondary N) is 1. The lowest BCUT2D eigenvalue weighted by molar-refractivity contribution is 0.292. The lowest BCUT2D eigenvalue weighted by Gasteiger charge is -2.09. The van der Waals surface area contributed by atoms with E-state index in [4.69, 9.17) is 4.74 Å². The average Bonchev–Trinajstić information content (AvgIpc) is 2.43. The highest BCUT2D eigenvalue weighted by Gasteiger charge is 2.04. The molecule has 1 N–H and O–H groups in total. The van der Waals surface area contributed by atoms with Crippen LogP contribution in [0.5, 0.6) is 5.88 Å². The molecule has 0 spiro atoms. The van der Waals surface area contributed by atoms with Crippen molar-refractivity contribution in [3.8, 4) is 5.88 Å². The molecule has 0 unspecified atom stereocenters. The third-order valence-corrected chi connectivity index (χ3v) is 2.98. The molecule has 0 fully saturated rings. The van der Waals surface area contributed by atoms with E-state index in [9.17, 15) is 0 Å². The second kappa shape index (κ2) is 9.59. The third-order valence-electron chi connectivity index (χ3n) is 2.98. The second-order valence-electron chi connectivity index (χ2n) is 4.77.